The smallest absolute Gasteiger partial charge is 0.356 e. The molecule has 0 unspecified atom stereocenters. The third kappa shape index (κ3) is 2.69. The molecule has 112 valence electrons. The largest absolute Gasteiger partial charge is 0.496 e. The molecule has 1 aromatic carbocycles. The maximum absolute atomic E-state index is 12.0. The van der Waals surface area contributed by atoms with Crippen molar-refractivity contribution < 1.29 is 19.1 Å². The second-order valence-corrected chi connectivity index (χ2v) is 4.89. The summed E-state index contributed by atoms with van der Waals surface area (Å²) in [5.74, 6) is -0.382. The van der Waals surface area contributed by atoms with Crippen molar-refractivity contribution in [2.75, 3.05) is 19.5 Å². The van der Waals surface area contributed by atoms with Gasteiger partial charge in [0.1, 0.15) is 11.4 Å². The predicted octanol–water partition coefficient (Wildman–Crippen LogP) is 2.56. The lowest BCUT2D eigenvalue weighted by Crippen LogP contribution is -2.19. The number of aromatic nitrogens is 1. The number of ether oxygens (including phenoxy) is 2. The van der Waals surface area contributed by atoms with Gasteiger partial charge in [-0.2, -0.15) is 0 Å². The van der Waals surface area contributed by atoms with Gasteiger partial charge < -0.3 is 19.8 Å². The van der Waals surface area contributed by atoms with Crippen LogP contribution in [0.5, 0.6) is 5.75 Å². The molecule has 0 aliphatic carbocycles. The van der Waals surface area contributed by atoms with Gasteiger partial charge in [-0.15, -0.1) is 0 Å². The highest BCUT2D eigenvalue weighted by atomic mass is 16.5. The third-order valence-electron chi connectivity index (χ3n) is 3.17. The Balaban J connectivity index is 2.66. The summed E-state index contributed by atoms with van der Waals surface area (Å²) >= 11 is 0. The van der Waals surface area contributed by atoms with E-state index in [1.165, 1.54) is 14.2 Å². The molecule has 2 rings (SSSR count). The van der Waals surface area contributed by atoms with Crippen LogP contribution in [-0.2, 0) is 9.53 Å². The number of methoxy groups -OCH3 is 2. The number of hydrogen-bond donors (Lipinski definition) is 2. The molecule has 0 spiro atoms. The number of esters is 1. The van der Waals surface area contributed by atoms with Crippen molar-refractivity contribution in [3.8, 4) is 5.75 Å². The fraction of sp³-hybridized carbons (Fsp3) is 0.333. The van der Waals surface area contributed by atoms with Gasteiger partial charge in [0.05, 0.1) is 30.8 Å². The lowest BCUT2D eigenvalue weighted by Gasteiger charge is -2.10. The summed E-state index contributed by atoms with van der Waals surface area (Å²) in [6.45, 7) is 3.55. The number of amides is 1. The second-order valence-electron chi connectivity index (χ2n) is 4.89. The Morgan fingerprint density at radius 1 is 1.24 bits per heavy atom. The molecule has 0 fully saturated rings. The first-order chi connectivity index (χ1) is 9.99. The van der Waals surface area contributed by atoms with Gasteiger partial charge in [-0.3, -0.25) is 4.79 Å². The van der Waals surface area contributed by atoms with Gasteiger partial charge in [0.25, 0.3) is 0 Å². The van der Waals surface area contributed by atoms with E-state index in [0.29, 0.717) is 22.3 Å². The quantitative estimate of drug-likeness (QED) is 0.848. The lowest BCUT2D eigenvalue weighted by atomic mass is 10.1. The van der Waals surface area contributed by atoms with Gasteiger partial charge in [0, 0.05) is 5.92 Å². The van der Waals surface area contributed by atoms with E-state index in [1.807, 2.05) is 0 Å². The Morgan fingerprint density at radius 3 is 2.52 bits per heavy atom. The van der Waals surface area contributed by atoms with Crippen LogP contribution in [0.25, 0.3) is 10.9 Å². The van der Waals surface area contributed by atoms with Crippen molar-refractivity contribution in [2.45, 2.75) is 13.8 Å². The molecule has 0 aliphatic heterocycles. The van der Waals surface area contributed by atoms with Gasteiger partial charge in [-0.25, -0.2) is 4.79 Å². The molecule has 0 atom stereocenters. The van der Waals surface area contributed by atoms with Crippen molar-refractivity contribution in [1.29, 1.82) is 0 Å². The number of nitrogens with one attached hydrogen (secondary N) is 2. The third-order valence-corrected chi connectivity index (χ3v) is 3.17. The molecule has 0 saturated heterocycles. The number of benzene rings is 1. The first-order valence-corrected chi connectivity index (χ1v) is 6.57. The van der Waals surface area contributed by atoms with Gasteiger partial charge in [-0.05, 0) is 12.1 Å². The zero-order chi connectivity index (χ0) is 15.6. The Morgan fingerprint density at radius 2 is 1.95 bits per heavy atom. The van der Waals surface area contributed by atoms with E-state index in [9.17, 15) is 9.59 Å². The monoisotopic (exact) mass is 290 g/mol. The van der Waals surface area contributed by atoms with Crippen molar-refractivity contribution in [3.63, 3.8) is 0 Å². The topological polar surface area (TPSA) is 80.4 Å². The molecular weight excluding hydrogens is 272 g/mol. The molecule has 0 radical (unpaired) electrons. The zero-order valence-corrected chi connectivity index (χ0v) is 12.4. The summed E-state index contributed by atoms with van der Waals surface area (Å²) < 4.78 is 10.1. The van der Waals surface area contributed by atoms with Crippen molar-refractivity contribution in [3.05, 3.63) is 23.9 Å². The van der Waals surface area contributed by atoms with Crippen molar-refractivity contribution in [1.82, 2.24) is 4.98 Å². The molecule has 0 bridgehead atoms. The number of carbonyl (C=O) groups is 2. The minimum atomic E-state index is -0.549. The molecule has 2 aromatic rings. The first kappa shape index (κ1) is 14.9. The number of aromatic amines is 1. The standard InChI is InChI=1S/C15H18N2O4/c1-8(2)14(18)17-12-11-9(6-5-7-10(11)20-3)16-13(12)15(19)21-4/h5-8,16H,1-4H3,(H,17,18). The maximum atomic E-state index is 12.0. The van der Waals surface area contributed by atoms with E-state index in [4.69, 9.17) is 9.47 Å². The minimum Gasteiger partial charge on any atom is -0.496 e. The number of anilines is 1. The van der Waals surface area contributed by atoms with Crippen LogP contribution in [0, 0.1) is 5.92 Å². The number of fused-ring (bicyclic) bond motifs is 1. The molecule has 6 nitrogen and oxygen atoms in total. The van der Waals surface area contributed by atoms with Crippen LogP contribution in [-0.4, -0.2) is 31.1 Å². The number of rotatable bonds is 4. The predicted molar refractivity (Wildman–Crippen MR) is 79.7 cm³/mol. The van der Waals surface area contributed by atoms with E-state index in [0.717, 1.165) is 0 Å². The lowest BCUT2D eigenvalue weighted by molar-refractivity contribution is -0.118. The van der Waals surface area contributed by atoms with Crippen LogP contribution in [0.1, 0.15) is 24.3 Å². The molecule has 2 N–H and O–H groups in total. The van der Waals surface area contributed by atoms with E-state index in [1.54, 1.807) is 32.0 Å². The highest BCUT2D eigenvalue weighted by molar-refractivity contribution is 6.13. The second kappa shape index (κ2) is 5.87. The van der Waals surface area contributed by atoms with E-state index in [2.05, 4.69) is 10.3 Å². The van der Waals surface area contributed by atoms with Crippen molar-refractivity contribution >= 4 is 28.5 Å². The summed E-state index contributed by atoms with van der Waals surface area (Å²) in [7, 11) is 2.83. The number of H-pyrrole nitrogens is 1. The van der Waals surface area contributed by atoms with Gasteiger partial charge in [0.15, 0.2) is 0 Å². The van der Waals surface area contributed by atoms with Gasteiger partial charge in [0.2, 0.25) is 5.91 Å². The normalized spacial score (nSPS) is 10.7. The molecule has 0 aliphatic rings. The van der Waals surface area contributed by atoms with E-state index >= 15 is 0 Å². The summed E-state index contributed by atoms with van der Waals surface area (Å²) in [4.78, 5) is 26.9. The summed E-state index contributed by atoms with van der Waals surface area (Å²) in [6, 6.07) is 5.37. The fourth-order valence-electron chi connectivity index (χ4n) is 2.03. The Hall–Kier alpha value is -2.50. The van der Waals surface area contributed by atoms with Gasteiger partial charge >= 0.3 is 5.97 Å². The average molecular weight is 290 g/mol. The van der Waals surface area contributed by atoms with Gasteiger partial charge in [-0.1, -0.05) is 19.9 Å². The molecular formula is C15H18N2O4. The van der Waals surface area contributed by atoms with E-state index < -0.39 is 5.97 Å². The highest BCUT2D eigenvalue weighted by Crippen LogP contribution is 2.35. The van der Waals surface area contributed by atoms with E-state index in [-0.39, 0.29) is 17.5 Å². The van der Waals surface area contributed by atoms with Crippen LogP contribution in [0.3, 0.4) is 0 Å². The average Bonchev–Trinajstić information content (AvgIpc) is 2.85. The minimum absolute atomic E-state index is 0.188. The van der Waals surface area contributed by atoms with Crippen LogP contribution in [0.4, 0.5) is 5.69 Å². The Bertz CT molecular complexity index is 688. The molecule has 6 heteroatoms. The molecule has 1 heterocycles. The highest BCUT2D eigenvalue weighted by Gasteiger charge is 2.23. The van der Waals surface area contributed by atoms with Crippen LogP contribution >= 0.6 is 0 Å². The van der Waals surface area contributed by atoms with Crippen LogP contribution in [0.15, 0.2) is 18.2 Å². The molecule has 1 aromatic heterocycles. The SMILES string of the molecule is COC(=O)c1[nH]c2cccc(OC)c2c1NC(=O)C(C)C. The summed E-state index contributed by atoms with van der Waals surface area (Å²) in [6.07, 6.45) is 0. The summed E-state index contributed by atoms with van der Waals surface area (Å²) in [5, 5.41) is 3.42. The summed E-state index contributed by atoms with van der Waals surface area (Å²) in [5.41, 5.74) is 1.27. The first-order valence-electron chi connectivity index (χ1n) is 6.57. The van der Waals surface area contributed by atoms with Crippen LogP contribution < -0.4 is 10.1 Å². The maximum Gasteiger partial charge on any atom is 0.356 e. The molecule has 21 heavy (non-hydrogen) atoms. The zero-order valence-electron chi connectivity index (χ0n) is 12.4. The number of hydrogen-bond acceptors (Lipinski definition) is 4. The Kier molecular flexibility index (Phi) is 4.16. The molecule has 0 saturated carbocycles. The fourth-order valence-corrected chi connectivity index (χ4v) is 2.03. The Labute approximate surface area is 122 Å². The van der Waals surface area contributed by atoms with Crippen LogP contribution in [0.2, 0.25) is 0 Å². The number of carbonyl (C=O) groups excluding carboxylic acids is 2. The molecule has 1 amide bonds. The van der Waals surface area contributed by atoms with Crippen molar-refractivity contribution in [2.24, 2.45) is 5.92 Å².